The maximum absolute atomic E-state index is 5.58. The number of aryl methyl sites for hydroxylation is 1. The minimum atomic E-state index is 0.280. The molecule has 82 valence electrons. The van der Waals surface area contributed by atoms with Crippen LogP contribution >= 0.6 is 15.9 Å². The largest absolute Gasteiger partial charge is 0.376 e. The lowest BCUT2D eigenvalue weighted by atomic mass is 10.0. The van der Waals surface area contributed by atoms with Crippen LogP contribution in [0, 0.1) is 5.92 Å². The number of halogens is 1. The zero-order valence-corrected chi connectivity index (χ0v) is 11.1. The highest BCUT2D eigenvalue weighted by Gasteiger charge is 2.30. The summed E-state index contributed by atoms with van der Waals surface area (Å²) in [6.45, 7) is 4.45. The summed E-state index contributed by atoms with van der Waals surface area (Å²) in [5.41, 5.74) is 4.21. The van der Waals surface area contributed by atoms with Crippen molar-refractivity contribution in [2.45, 2.75) is 32.8 Å². The molecule has 1 aromatic rings. The van der Waals surface area contributed by atoms with Gasteiger partial charge in [0, 0.05) is 11.6 Å². The van der Waals surface area contributed by atoms with Crippen LogP contribution in [0.4, 0.5) is 0 Å². The van der Waals surface area contributed by atoms with Crippen molar-refractivity contribution in [3.63, 3.8) is 0 Å². The van der Waals surface area contributed by atoms with Crippen molar-refractivity contribution in [2.24, 2.45) is 5.92 Å². The molecule has 0 spiro atoms. The van der Waals surface area contributed by atoms with E-state index in [9.17, 15) is 0 Å². The van der Waals surface area contributed by atoms with Crippen molar-refractivity contribution >= 4 is 15.9 Å². The van der Waals surface area contributed by atoms with Crippen LogP contribution in [0.2, 0.25) is 0 Å². The maximum Gasteiger partial charge on any atom is 0.0852 e. The zero-order valence-electron chi connectivity index (χ0n) is 9.51. The van der Waals surface area contributed by atoms with E-state index in [1.54, 1.807) is 0 Å². The Morgan fingerprint density at radius 2 is 2.20 bits per heavy atom. The molecular weight excluding hydrogens is 252 g/mol. The average molecular weight is 269 g/mol. The van der Waals surface area contributed by atoms with Crippen LogP contribution < -0.4 is 0 Å². The molecule has 0 radical (unpaired) electrons. The van der Waals surface area contributed by atoms with E-state index in [-0.39, 0.29) is 6.10 Å². The van der Waals surface area contributed by atoms with Crippen LogP contribution in [0.3, 0.4) is 0 Å². The molecular formula is C13H17BrO. The van der Waals surface area contributed by atoms with E-state index in [0.717, 1.165) is 12.8 Å². The smallest absolute Gasteiger partial charge is 0.0852 e. The molecule has 0 saturated heterocycles. The van der Waals surface area contributed by atoms with Crippen molar-refractivity contribution in [3.8, 4) is 0 Å². The number of hydrogen-bond donors (Lipinski definition) is 0. The lowest BCUT2D eigenvalue weighted by Crippen LogP contribution is -2.05. The molecule has 0 saturated carbocycles. The number of ether oxygens (including phenoxy) is 1. The molecule has 1 aromatic carbocycles. The van der Waals surface area contributed by atoms with Gasteiger partial charge in [-0.3, -0.25) is 0 Å². The first kappa shape index (κ1) is 11.2. The maximum atomic E-state index is 5.58. The van der Waals surface area contributed by atoms with E-state index in [0.29, 0.717) is 5.92 Å². The van der Waals surface area contributed by atoms with E-state index in [2.05, 4.69) is 41.9 Å². The lowest BCUT2D eigenvalue weighted by molar-refractivity contribution is 0.0695. The first-order valence-electron chi connectivity index (χ1n) is 5.51. The standard InChI is InChI=1S/C13H17BrO/c1-4-9-6-11-10(12(14)7-9)5-8(2)13(11)15-3/h6-8,13H,4-5H2,1-3H3. The third-order valence-electron chi connectivity index (χ3n) is 3.30. The minimum absolute atomic E-state index is 0.280. The number of benzene rings is 1. The highest BCUT2D eigenvalue weighted by atomic mass is 79.9. The predicted octanol–water partition coefficient (Wildman–Crippen LogP) is 3.89. The highest BCUT2D eigenvalue weighted by molar-refractivity contribution is 9.10. The van der Waals surface area contributed by atoms with Gasteiger partial charge in [-0.1, -0.05) is 35.8 Å². The van der Waals surface area contributed by atoms with Gasteiger partial charge in [0.2, 0.25) is 0 Å². The summed E-state index contributed by atoms with van der Waals surface area (Å²) in [6.07, 6.45) is 2.48. The average Bonchev–Trinajstić information content (AvgIpc) is 2.54. The van der Waals surface area contributed by atoms with Crippen molar-refractivity contribution < 1.29 is 4.74 Å². The Hall–Kier alpha value is -0.340. The van der Waals surface area contributed by atoms with Gasteiger partial charge in [0.25, 0.3) is 0 Å². The molecule has 2 atom stereocenters. The second kappa shape index (κ2) is 4.26. The van der Waals surface area contributed by atoms with Crippen molar-refractivity contribution in [3.05, 3.63) is 33.3 Å². The van der Waals surface area contributed by atoms with Crippen molar-refractivity contribution in [1.82, 2.24) is 0 Å². The SMILES string of the molecule is CCc1cc(Br)c2c(c1)C(OC)C(C)C2. The summed E-state index contributed by atoms with van der Waals surface area (Å²) >= 11 is 3.67. The van der Waals surface area contributed by atoms with Crippen molar-refractivity contribution in [1.29, 1.82) is 0 Å². The summed E-state index contributed by atoms with van der Waals surface area (Å²) in [7, 11) is 1.81. The van der Waals surface area contributed by atoms with E-state index in [4.69, 9.17) is 4.74 Å². The van der Waals surface area contributed by atoms with Crippen LogP contribution in [-0.4, -0.2) is 7.11 Å². The number of hydrogen-bond acceptors (Lipinski definition) is 1. The third-order valence-corrected chi connectivity index (χ3v) is 4.01. The Bertz CT molecular complexity index is 373. The van der Waals surface area contributed by atoms with Crippen LogP contribution in [0.5, 0.6) is 0 Å². The van der Waals surface area contributed by atoms with Gasteiger partial charge < -0.3 is 4.74 Å². The molecule has 1 nitrogen and oxygen atoms in total. The predicted molar refractivity (Wildman–Crippen MR) is 66.1 cm³/mol. The molecule has 2 heteroatoms. The first-order chi connectivity index (χ1) is 7.17. The Morgan fingerprint density at radius 1 is 1.47 bits per heavy atom. The summed E-state index contributed by atoms with van der Waals surface area (Å²) in [4.78, 5) is 0. The Kier molecular flexibility index (Phi) is 3.17. The molecule has 0 bridgehead atoms. The molecule has 0 aliphatic heterocycles. The van der Waals surface area contributed by atoms with Gasteiger partial charge in [-0.25, -0.2) is 0 Å². The van der Waals surface area contributed by atoms with Gasteiger partial charge in [-0.2, -0.15) is 0 Å². The van der Waals surface area contributed by atoms with E-state index >= 15 is 0 Å². The number of rotatable bonds is 2. The van der Waals surface area contributed by atoms with Gasteiger partial charge in [-0.15, -0.1) is 0 Å². The van der Waals surface area contributed by atoms with Gasteiger partial charge in [0.1, 0.15) is 0 Å². The Balaban J connectivity index is 2.50. The molecule has 15 heavy (non-hydrogen) atoms. The summed E-state index contributed by atoms with van der Waals surface area (Å²) in [5, 5.41) is 0. The highest BCUT2D eigenvalue weighted by Crippen LogP contribution is 2.42. The normalized spacial score (nSPS) is 24.3. The number of methoxy groups -OCH3 is 1. The fourth-order valence-corrected chi connectivity index (χ4v) is 3.17. The molecule has 1 aliphatic rings. The summed E-state index contributed by atoms with van der Waals surface area (Å²) in [6, 6.07) is 4.54. The minimum Gasteiger partial charge on any atom is -0.376 e. The molecule has 0 fully saturated rings. The second-order valence-corrected chi connectivity index (χ2v) is 5.19. The molecule has 0 aromatic heterocycles. The Labute approximate surface area is 100.0 Å². The molecule has 0 heterocycles. The first-order valence-corrected chi connectivity index (χ1v) is 6.30. The van der Waals surface area contributed by atoms with Gasteiger partial charge in [-0.05, 0) is 41.5 Å². The van der Waals surface area contributed by atoms with Gasteiger partial charge >= 0.3 is 0 Å². The van der Waals surface area contributed by atoms with E-state index in [1.807, 2.05) is 7.11 Å². The third kappa shape index (κ3) is 1.85. The summed E-state index contributed by atoms with van der Waals surface area (Å²) in [5.74, 6) is 0.591. The molecule has 0 amide bonds. The topological polar surface area (TPSA) is 9.23 Å². The fourth-order valence-electron chi connectivity index (χ4n) is 2.48. The molecule has 1 aliphatic carbocycles. The lowest BCUT2D eigenvalue weighted by Gasteiger charge is -2.15. The van der Waals surface area contributed by atoms with Gasteiger partial charge in [0.05, 0.1) is 6.10 Å². The number of fused-ring (bicyclic) bond motifs is 1. The quantitative estimate of drug-likeness (QED) is 0.791. The molecule has 0 N–H and O–H groups in total. The second-order valence-electron chi connectivity index (χ2n) is 4.34. The fraction of sp³-hybridized carbons (Fsp3) is 0.538. The van der Waals surface area contributed by atoms with Crippen molar-refractivity contribution in [2.75, 3.05) is 7.11 Å². The monoisotopic (exact) mass is 268 g/mol. The molecule has 2 unspecified atom stereocenters. The Morgan fingerprint density at radius 3 is 2.80 bits per heavy atom. The van der Waals surface area contributed by atoms with E-state index in [1.165, 1.54) is 21.2 Å². The molecule has 2 rings (SSSR count). The van der Waals surface area contributed by atoms with Crippen LogP contribution in [0.1, 0.15) is 36.6 Å². The zero-order chi connectivity index (χ0) is 11.0. The van der Waals surface area contributed by atoms with Crippen LogP contribution in [-0.2, 0) is 17.6 Å². The van der Waals surface area contributed by atoms with Gasteiger partial charge in [0.15, 0.2) is 0 Å². The van der Waals surface area contributed by atoms with Crippen LogP contribution in [0.15, 0.2) is 16.6 Å². The van der Waals surface area contributed by atoms with Crippen LogP contribution in [0.25, 0.3) is 0 Å². The summed E-state index contributed by atoms with van der Waals surface area (Å²) < 4.78 is 6.84. The van der Waals surface area contributed by atoms with E-state index < -0.39 is 0 Å².